The highest BCUT2D eigenvalue weighted by molar-refractivity contribution is 7.17. The highest BCUT2D eigenvalue weighted by Gasteiger charge is 2.43. The van der Waals surface area contributed by atoms with Crippen LogP contribution in [0.25, 0.3) is 0 Å². The molecule has 2 bridgehead atoms. The van der Waals surface area contributed by atoms with E-state index in [1.165, 1.54) is 30.6 Å². The smallest absolute Gasteiger partial charge is 0.341 e. The first-order valence-corrected chi connectivity index (χ1v) is 11.8. The van der Waals surface area contributed by atoms with Gasteiger partial charge in [-0.25, -0.2) is 4.79 Å². The molecule has 2 fully saturated rings. The number of nitrogens with two attached hydrogens (primary N) is 1. The highest BCUT2D eigenvalue weighted by Crippen LogP contribution is 2.49. The van der Waals surface area contributed by atoms with Crippen LogP contribution < -0.4 is 10.6 Å². The monoisotopic (exact) mass is 405 g/mol. The fourth-order valence-corrected chi connectivity index (χ4v) is 6.95. The molecule has 6 heteroatoms. The molecule has 0 aliphatic heterocycles. The molecule has 0 saturated heterocycles. The number of rotatable bonds is 7. The van der Waals surface area contributed by atoms with Crippen molar-refractivity contribution in [1.82, 2.24) is 0 Å². The number of hydrogen-bond donors (Lipinski definition) is 2. The van der Waals surface area contributed by atoms with E-state index >= 15 is 0 Å². The lowest BCUT2D eigenvalue weighted by molar-refractivity contribution is -0.683. The number of quaternary nitrogens is 1. The molecule has 3 aliphatic carbocycles. The standard InChI is InChI=1S/C22H32N2O3S/c1-3-27-22(26)20-16-6-4-5-7-18(16)28-21(20)24-19(25)12-23-13(2)17-11-14-8-9-15(17)10-14/h13-15,17,23H,3-12H2,1-2H3,(H,24,25)/p+1/t13-,14+,15+,17+/m0/s1. The largest absolute Gasteiger partial charge is 0.462 e. The third-order valence-electron chi connectivity index (χ3n) is 7.05. The Labute approximate surface area is 171 Å². The summed E-state index contributed by atoms with van der Waals surface area (Å²) in [6.07, 6.45) is 9.68. The Kier molecular flexibility index (Phi) is 6.07. The van der Waals surface area contributed by atoms with Gasteiger partial charge < -0.3 is 15.4 Å². The Morgan fingerprint density at radius 1 is 1.25 bits per heavy atom. The van der Waals surface area contributed by atoms with E-state index in [9.17, 15) is 9.59 Å². The Balaban J connectivity index is 1.38. The molecule has 3 N–H and O–H groups in total. The molecule has 0 unspecified atom stereocenters. The topological polar surface area (TPSA) is 72.0 Å². The number of nitrogens with one attached hydrogen (secondary N) is 1. The van der Waals surface area contributed by atoms with Gasteiger partial charge in [0.05, 0.1) is 18.2 Å². The van der Waals surface area contributed by atoms with E-state index < -0.39 is 0 Å². The quantitative estimate of drug-likeness (QED) is 0.685. The zero-order valence-electron chi connectivity index (χ0n) is 17.1. The molecule has 28 heavy (non-hydrogen) atoms. The number of fused-ring (bicyclic) bond motifs is 3. The number of thiophene rings is 1. The van der Waals surface area contributed by atoms with Crippen molar-refractivity contribution in [2.75, 3.05) is 18.5 Å². The van der Waals surface area contributed by atoms with Gasteiger partial charge >= 0.3 is 5.97 Å². The zero-order valence-corrected chi connectivity index (χ0v) is 17.9. The number of esters is 1. The minimum atomic E-state index is -0.295. The Hall–Kier alpha value is -1.40. The average molecular weight is 406 g/mol. The van der Waals surface area contributed by atoms with Crippen LogP contribution in [0, 0.1) is 17.8 Å². The second-order valence-electron chi connectivity index (χ2n) is 8.82. The van der Waals surface area contributed by atoms with Crippen LogP contribution in [-0.2, 0) is 22.4 Å². The minimum absolute atomic E-state index is 0.0147. The predicted molar refractivity (Wildman–Crippen MR) is 111 cm³/mol. The van der Waals surface area contributed by atoms with Gasteiger partial charge in [-0.1, -0.05) is 6.42 Å². The van der Waals surface area contributed by atoms with Gasteiger partial charge in [0.2, 0.25) is 0 Å². The second-order valence-corrected chi connectivity index (χ2v) is 9.93. The molecule has 2 saturated carbocycles. The van der Waals surface area contributed by atoms with E-state index in [1.54, 1.807) is 11.3 Å². The molecule has 154 valence electrons. The van der Waals surface area contributed by atoms with Crippen LogP contribution in [0.4, 0.5) is 5.00 Å². The van der Waals surface area contributed by atoms with Gasteiger partial charge in [-0.3, -0.25) is 4.79 Å². The van der Waals surface area contributed by atoms with Crippen molar-refractivity contribution in [2.45, 2.75) is 71.3 Å². The lowest BCUT2D eigenvalue weighted by Crippen LogP contribution is -2.92. The molecule has 4 rings (SSSR count). The van der Waals surface area contributed by atoms with Crippen molar-refractivity contribution in [3.05, 3.63) is 16.0 Å². The molecule has 5 nitrogen and oxygen atoms in total. The van der Waals surface area contributed by atoms with Crippen LogP contribution in [0.15, 0.2) is 0 Å². The van der Waals surface area contributed by atoms with Gasteiger partial charge in [0.15, 0.2) is 6.54 Å². The van der Waals surface area contributed by atoms with E-state index in [0.29, 0.717) is 29.8 Å². The van der Waals surface area contributed by atoms with Gasteiger partial charge in [-0.05, 0) is 76.2 Å². The summed E-state index contributed by atoms with van der Waals surface area (Å²) in [7, 11) is 0. The maximum Gasteiger partial charge on any atom is 0.341 e. The lowest BCUT2D eigenvalue weighted by atomic mass is 9.84. The SMILES string of the molecule is CCOC(=O)c1c(NC(=O)C[NH2+][C@@H](C)[C@H]2C[C@@H]3CC[C@@H]2C3)sc2c1CCCC2. The predicted octanol–water partition coefficient (Wildman–Crippen LogP) is 3.13. The first-order valence-electron chi connectivity index (χ1n) is 11.0. The fraction of sp³-hybridized carbons (Fsp3) is 0.727. The highest BCUT2D eigenvalue weighted by atomic mass is 32.1. The third-order valence-corrected chi connectivity index (χ3v) is 8.25. The molecule has 1 aromatic heterocycles. The van der Waals surface area contributed by atoms with Crippen molar-refractivity contribution in [3.8, 4) is 0 Å². The van der Waals surface area contributed by atoms with Crippen LogP contribution in [-0.4, -0.2) is 31.1 Å². The number of carbonyl (C=O) groups excluding carboxylic acids is 2. The molecule has 1 amide bonds. The number of anilines is 1. The van der Waals surface area contributed by atoms with Crippen LogP contribution in [0.3, 0.4) is 0 Å². The van der Waals surface area contributed by atoms with E-state index in [1.807, 2.05) is 6.92 Å². The van der Waals surface area contributed by atoms with E-state index in [2.05, 4.69) is 17.6 Å². The van der Waals surface area contributed by atoms with Crippen molar-refractivity contribution >= 4 is 28.2 Å². The number of carbonyl (C=O) groups is 2. The maximum atomic E-state index is 12.6. The van der Waals surface area contributed by atoms with E-state index in [0.717, 1.165) is 49.0 Å². The lowest BCUT2D eigenvalue weighted by Gasteiger charge is -2.25. The van der Waals surface area contributed by atoms with Crippen molar-refractivity contribution < 1.29 is 19.6 Å². The summed E-state index contributed by atoms with van der Waals surface area (Å²) in [4.78, 5) is 26.4. The van der Waals surface area contributed by atoms with Crippen molar-refractivity contribution in [3.63, 3.8) is 0 Å². The fourth-order valence-electron chi connectivity index (χ4n) is 5.66. The molecular formula is C22H33N2O3S+. The van der Waals surface area contributed by atoms with Crippen LogP contribution in [0.2, 0.25) is 0 Å². The van der Waals surface area contributed by atoms with E-state index in [-0.39, 0.29) is 11.9 Å². The van der Waals surface area contributed by atoms with Crippen molar-refractivity contribution in [1.29, 1.82) is 0 Å². The van der Waals surface area contributed by atoms with Crippen LogP contribution in [0.1, 0.15) is 73.2 Å². The molecule has 0 spiro atoms. The summed E-state index contributed by atoms with van der Waals surface area (Å²) in [6, 6.07) is 0.488. The summed E-state index contributed by atoms with van der Waals surface area (Å²) < 4.78 is 5.28. The summed E-state index contributed by atoms with van der Waals surface area (Å²) in [5, 5.41) is 5.92. The number of aryl methyl sites for hydroxylation is 1. The third kappa shape index (κ3) is 3.99. The molecule has 0 radical (unpaired) electrons. The molecule has 1 heterocycles. The summed E-state index contributed by atoms with van der Waals surface area (Å²) >= 11 is 1.57. The van der Waals surface area contributed by atoms with Crippen LogP contribution in [0.5, 0.6) is 0 Å². The second kappa shape index (κ2) is 8.54. The van der Waals surface area contributed by atoms with Gasteiger partial charge in [0.1, 0.15) is 5.00 Å². The number of hydrogen-bond acceptors (Lipinski definition) is 4. The molecule has 3 aliphatic rings. The van der Waals surface area contributed by atoms with Gasteiger partial charge in [0, 0.05) is 10.8 Å². The maximum absolute atomic E-state index is 12.6. The Morgan fingerprint density at radius 2 is 2.07 bits per heavy atom. The molecule has 1 aromatic rings. The van der Waals surface area contributed by atoms with Gasteiger partial charge in [-0.2, -0.15) is 0 Å². The molecule has 4 atom stereocenters. The number of ether oxygens (including phenoxy) is 1. The van der Waals surface area contributed by atoms with E-state index in [4.69, 9.17) is 4.74 Å². The van der Waals surface area contributed by atoms with Gasteiger partial charge in [0.25, 0.3) is 5.91 Å². The minimum Gasteiger partial charge on any atom is -0.462 e. The Morgan fingerprint density at radius 3 is 2.79 bits per heavy atom. The first kappa shape index (κ1) is 19.9. The summed E-state index contributed by atoms with van der Waals surface area (Å²) in [5.74, 6) is 2.26. The normalized spacial score (nSPS) is 26.7. The number of amides is 1. The first-order chi connectivity index (χ1) is 13.6. The zero-order chi connectivity index (χ0) is 19.7. The van der Waals surface area contributed by atoms with Crippen LogP contribution >= 0.6 is 11.3 Å². The van der Waals surface area contributed by atoms with Gasteiger partial charge in [-0.15, -0.1) is 11.3 Å². The summed E-state index contributed by atoms with van der Waals surface area (Å²) in [5.41, 5.74) is 1.71. The molecule has 0 aromatic carbocycles. The Bertz CT molecular complexity index is 744. The molecular weight excluding hydrogens is 372 g/mol. The average Bonchev–Trinajstić information content (AvgIpc) is 3.39. The van der Waals surface area contributed by atoms with Crippen molar-refractivity contribution in [2.24, 2.45) is 17.8 Å². The summed E-state index contributed by atoms with van der Waals surface area (Å²) in [6.45, 7) is 4.86.